The van der Waals surface area contributed by atoms with Crippen LogP contribution in [0.4, 0.5) is 0 Å². The van der Waals surface area contributed by atoms with Gasteiger partial charge >= 0.3 is 5.97 Å². The average molecular weight is 260 g/mol. The summed E-state index contributed by atoms with van der Waals surface area (Å²) in [4.78, 5) is 28.3. The number of ketones is 1. The van der Waals surface area contributed by atoms with Crippen LogP contribution in [0.5, 0.6) is 0 Å². The van der Waals surface area contributed by atoms with Crippen LogP contribution in [-0.4, -0.2) is 35.4 Å². The lowest BCUT2D eigenvalue weighted by atomic mass is 9.63. The highest BCUT2D eigenvalue weighted by atomic mass is 16.5. The number of Topliss-reactive ketones (excluding diaryl/α,β-unsaturated/α-hetero) is 1. The molecule has 2 bridgehead atoms. The van der Waals surface area contributed by atoms with Gasteiger partial charge in [-0.3, -0.25) is 14.6 Å². The Hall–Kier alpha value is -1.75. The minimum Gasteiger partial charge on any atom is -0.469 e. The van der Waals surface area contributed by atoms with E-state index in [1.54, 1.807) is 24.4 Å². The number of carbonyl (C=O) groups excluding carboxylic acids is 2. The number of hydrogen-bond donors (Lipinski definition) is 1. The second-order valence-corrected chi connectivity index (χ2v) is 5.33. The number of methoxy groups -OCH3 is 1. The molecule has 3 atom stereocenters. The molecule has 100 valence electrons. The van der Waals surface area contributed by atoms with Gasteiger partial charge in [0.2, 0.25) is 5.78 Å². The fourth-order valence-electron chi connectivity index (χ4n) is 3.26. The second-order valence-electron chi connectivity index (χ2n) is 5.33. The highest BCUT2D eigenvalue weighted by Gasteiger charge is 2.56. The van der Waals surface area contributed by atoms with E-state index in [0.717, 1.165) is 12.8 Å². The van der Waals surface area contributed by atoms with Gasteiger partial charge in [0.1, 0.15) is 5.69 Å². The van der Waals surface area contributed by atoms with E-state index in [2.05, 4.69) is 10.3 Å². The lowest BCUT2D eigenvalue weighted by molar-refractivity contribution is -0.149. The molecule has 1 aromatic heterocycles. The van der Waals surface area contributed by atoms with Crippen LogP contribution in [0.3, 0.4) is 0 Å². The van der Waals surface area contributed by atoms with E-state index >= 15 is 0 Å². The van der Waals surface area contributed by atoms with Crippen LogP contribution in [0.25, 0.3) is 0 Å². The van der Waals surface area contributed by atoms with Crippen molar-refractivity contribution in [2.75, 3.05) is 7.11 Å². The molecule has 2 aliphatic heterocycles. The van der Waals surface area contributed by atoms with Gasteiger partial charge in [-0.2, -0.15) is 0 Å². The molecule has 3 fully saturated rings. The number of rotatable bonds is 3. The van der Waals surface area contributed by atoms with E-state index < -0.39 is 5.54 Å². The molecule has 0 aromatic carbocycles. The summed E-state index contributed by atoms with van der Waals surface area (Å²) in [5.41, 5.74) is -0.158. The number of pyridine rings is 1. The number of nitrogens with zero attached hydrogens (tertiary/aromatic N) is 1. The third kappa shape index (κ3) is 1.94. The fraction of sp³-hybridized carbons (Fsp3) is 0.500. The van der Waals surface area contributed by atoms with E-state index in [1.165, 1.54) is 7.11 Å². The summed E-state index contributed by atoms with van der Waals surface area (Å²) in [5.74, 6) is -0.417. The molecular formula is C14H16N2O3. The predicted molar refractivity (Wildman–Crippen MR) is 67.6 cm³/mol. The third-order valence-corrected chi connectivity index (χ3v) is 4.11. The molecule has 1 aliphatic carbocycles. The number of ether oxygens (including phenoxy) is 1. The van der Waals surface area contributed by atoms with Gasteiger partial charge < -0.3 is 10.1 Å². The molecular weight excluding hydrogens is 244 g/mol. The number of aromatic nitrogens is 1. The molecule has 4 rings (SSSR count). The van der Waals surface area contributed by atoms with Gasteiger partial charge in [-0.1, -0.05) is 6.07 Å². The monoisotopic (exact) mass is 260 g/mol. The zero-order chi connectivity index (χ0) is 13.5. The first-order chi connectivity index (χ1) is 9.14. The first kappa shape index (κ1) is 12.3. The predicted octanol–water partition coefficient (Wildman–Crippen LogP) is 0.948. The molecule has 0 spiro atoms. The van der Waals surface area contributed by atoms with Crippen molar-refractivity contribution in [2.24, 2.45) is 5.92 Å². The van der Waals surface area contributed by atoms with Crippen molar-refractivity contribution in [1.82, 2.24) is 10.3 Å². The largest absolute Gasteiger partial charge is 0.469 e. The number of nitrogens with one attached hydrogen (secondary N) is 1. The van der Waals surface area contributed by atoms with Crippen molar-refractivity contribution < 1.29 is 14.3 Å². The Bertz CT molecular complexity index is 509. The van der Waals surface area contributed by atoms with Crippen LogP contribution in [-0.2, 0) is 9.53 Å². The minimum absolute atomic E-state index is 0.0158. The van der Waals surface area contributed by atoms with Crippen LogP contribution < -0.4 is 5.32 Å². The Morgan fingerprint density at radius 1 is 1.42 bits per heavy atom. The van der Waals surface area contributed by atoms with Gasteiger partial charge in [0.05, 0.1) is 18.6 Å². The van der Waals surface area contributed by atoms with Crippen molar-refractivity contribution in [2.45, 2.75) is 30.8 Å². The standard InChI is InChI=1S/C14H16N2O3/c1-19-13(18)9-6-10-8-14(7-9,16-10)12(17)11-4-2-3-5-15-11/h2-5,9-10,16H,6-8H2,1H3. The maximum atomic E-state index is 12.5. The summed E-state index contributed by atoms with van der Waals surface area (Å²) in [6, 6.07) is 5.54. The Morgan fingerprint density at radius 2 is 2.21 bits per heavy atom. The number of fused-ring (bicyclic) bond motifs is 2. The Labute approximate surface area is 111 Å². The molecule has 2 saturated heterocycles. The van der Waals surface area contributed by atoms with Gasteiger partial charge in [0.25, 0.3) is 0 Å². The van der Waals surface area contributed by atoms with Crippen LogP contribution in [0, 0.1) is 5.92 Å². The van der Waals surface area contributed by atoms with E-state index in [1.807, 2.05) is 0 Å². The molecule has 1 aromatic rings. The molecule has 3 heterocycles. The normalized spacial score (nSPS) is 32.3. The van der Waals surface area contributed by atoms with Gasteiger partial charge in [-0.05, 0) is 31.4 Å². The quantitative estimate of drug-likeness (QED) is 0.647. The summed E-state index contributed by atoms with van der Waals surface area (Å²) < 4.78 is 4.80. The average Bonchev–Trinajstić information content (AvgIpc) is 2.45. The molecule has 0 radical (unpaired) electrons. The molecule has 1 saturated carbocycles. The Balaban J connectivity index is 1.81. The molecule has 0 amide bonds. The first-order valence-corrected chi connectivity index (χ1v) is 6.46. The lowest BCUT2D eigenvalue weighted by Gasteiger charge is -2.54. The van der Waals surface area contributed by atoms with Crippen molar-refractivity contribution in [3.63, 3.8) is 0 Å². The Kier molecular flexibility index (Phi) is 2.86. The van der Waals surface area contributed by atoms with E-state index in [0.29, 0.717) is 12.1 Å². The number of carbonyl (C=O) groups is 2. The van der Waals surface area contributed by atoms with Gasteiger partial charge in [-0.25, -0.2) is 0 Å². The highest BCUT2D eigenvalue weighted by Crippen LogP contribution is 2.43. The Morgan fingerprint density at radius 3 is 2.84 bits per heavy atom. The van der Waals surface area contributed by atoms with Crippen molar-refractivity contribution in [3.05, 3.63) is 30.1 Å². The van der Waals surface area contributed by atoms with Crippen molar-refractivity contribution in [1.29, 1.82) is 0 Å². The third-order valence-electron chi connectivity index (χ3n) is 4.11. The summed E-state index contributed by atoms with van der Waals surface area (Å²) in [5, 5.41) is 3.30. The molecule has 3 unspecified atom stereocenters. The number of esters is 1. The maximum absolute atomic E-state index is 12.5. The number of piperidine rings is 1. The summed E-state index contributed by atoms with van der Waals surface area (Å²) in [7, 11) is 1.39. The number of hydrogen-bond acceptors (Lipinski definition) is 5. The van der Waals surface area contributed by atoms with Gasteiger partial charge in [0, 0.05) is 12.2 Å². The molecule has 5 nitrogen and oxygen atoms in total. The zero-order valence-corrected chi connectivity index (χ0v) is 10.8. The lowest BCUT2D eigenvalue weighted by Crippen LogP contribution is -2.72. The topological polar surface area (TPSA) is 68.3 Å². The zero-order valence-electron chi connectivity index (χ0n) is 10.8. The van der Waals surface area contributed by atoms with Crippen LogP contribution in [0.1, 0.15) is 29.8 Å². The van der Waals surface area contributed by atoms with Crippen LogP contribution in [0.2, 0.25) is 0 Å². The first-order valence-electron chi connectivity index (χ1n) is 6.46. The second kappa shape index (κ2) is 4.42. The molecule has 5 heteroatoms. The smallest absolute Gasteiger partial charge is 0.308 e. The van der Waals surface area contributed by atoms with Crippen LogP contribution in [0.15, 0.2) is 24.4 Å². The minimum atomic E-state index is -0.615. The maximum Gasteiger partial charge on any atom is 0.308 e. The highest BCUT2D eigenvalue weighted by molar-refractivity contribution is 6.03. The molecule has 19 heavy (non-hydrogen) atoms. The van der Waals surface area contributed by atoms with Crippen LogP contribution >= 0.6 is 0 Å². The molecule has 3 aliphatic rings. The summed E-state index contributed by atoms with van der Waals surface area (Å²) in [6.07, 6.45) is 3.66. The van der Waals surface area contributed by atoms with E-state index in [9.17, 15) is 9.59 Å². The SMILES string of the molecule is COC(=O)C1CC2CC(C(=O)c3ccccn3)(C1)N2. The molecule has 1 N–H and O–H groups in total. The van der Waals surface area contributed by atoms with Gasteiger partial charge in [0.15, 0.2) is 0 Å². The van der Waals surface area contributed by atoms with E-state index in [4.69, 9.17) is 4.74 Å². The summed E-state index contributed by atoms with van der Waals surface area (Å²) >= 11 is 0. The van der Waals surface area contributed by atoms with E-state index in [-0.39, 0.29) is 23.7 Å². The van der Waals surface area contributed by atoms with Crippen molar-refractivity contribution in [3.8, 4) is 0 Å². The van der Waals surface area contributed by atoms with Gasteiger partial charge in [-0.15, -0.1) is 0 Å². The fourth-order valence-corrected chi connectivity index (χ4v) is 3.26. The summed E-state index contributed by atoms with van der Waals surface area (Å²) in [6.45, 7) is 0. The van der Waals surface area contributed by atoms with Crippen molar-refractivity contribution >= 4 is 11.8 Å².